The third-order valence-electron chi connectivity index (χ3n) is 11.9. The van der Waals surface area contributed by atoms with Crippen molar-refractivity contribution in [3.8, 4) is 46.0 Å². The van der Waals surface area contributed by atoms with Crippen molar-refractivity contribution in [1.82, 2.24) is 0 Å². The Morgan fingerprint density at radius 2 is 0.433 bits per heavy atom. The first-order valence-corrected chi connectivity index (χ1v) is 20.7. The molecule has 0 saturated carbocycles. The molecule has 4 aromatic rings. The second-order valence-corrected chi connectivity index (χ2v) is 15.0. The molecule has 0 aromatic heterocycles. The van der Waals surface area contributed by atoms with Gasteiger partial charge in [0.05, 0.1) is 56.9 Å². The summed E-state index contributed by atoms with van der Waals surface area (Å²) in [5.41, 5.74) is 6.90. The molecule has 12 nitrogen and oxygen atoms in total. The molecule has 8 bridgehead atoms. The van der Waals surface area contributed by atoms with Crippen LogP contribution in [0.4, 0.5) is 0 Å². The van der Waals surface area contributed by atoms with Gasteiger partial charge in [-0.15, -0.1) is 0 Å². The van der Waals surface area contributed by atoms with Gasteiger partial charge in [-0.25, -0.2) is 0 Å². The Morgan fingerprint density at radius 1 is 0.283 bits per heavy atom. The summed E-state index contributed by atoms with van der Waals surface area (Å²) in [5.74, 6) is 3.45. The van der Waals surface area contributed by atoms with E-state index in [1.54, 1.807) is 56.9 Å². The zero-order chi connectivity index (χ0) is 43.3. The Bertz CT molecular complexity index is 1620. The van der Waals surface area contributed by atoms with Gasteiger partial charge in [-0.2, -0.15) is 0 Å². The first-order valence-electron chi connectivity index (χ1n) is 20.7. The Balaban J connectivity index is 2.08. The summed E-state index contributed by atoms with van der Waals surface area (Å²) in [6.45, 7) is -0.109. The second kappa shape index (κ2) is 22.1. The molecule has 0 fully saturated rings. The van der Waals surface area contributed by atoms with Gasteiger partial charge in [-0.3, -0.25) is 0 Å². The SMILES string of the molecule is COc1cc(OC)c2cc1C(CCCO)c1cc(c(OC)cc1OC)C(CCCO)c1cc(c(OC)cc1OC)C(CCCO)c1cc(c(OC)cc1OC)C2CCCO. The second-order valence-electron chi connectivity index (χ2n) is 15.0. The fraction of sp³-hybridized carbons (Fsp3) is 0.500. The molecular formula is C48H64O12. The van der Waals surface area contributed by atoms with Crippen LogP contribution in [0.5, 0.6) is 46.0 Å². The van der Waals surface area contributed by atoms with Crippen molar-refractivity contribution in [1.29, 1.82) is 0 Å². The molecule has 0 atom stereocenters. The third kappa shape index (κ3) is 9.52. The zero-order valence-electron chi connectivity index (χ0n) is 36.5. The number of hydrogen-bond acceptors (Lipinski definition) is 12. The van der Waals surface area contributed by atoms with Crippen molar-refractivity contribution < 1.29 is 58.3 Å². The van der Waals surface area contributed by atoms with Crippen molar-refractivity contribution in [3.63, 3.8) is 0 Å². The number of aliphatic hydroxyl groups is 4. The Kier molecular flexibility index (Phi) is 17.0. The van der Waals surface area contributed by atoms with Gasteiger partial charge >= 0.3 is 0 Å². The van der Waals surface area contributed by atoms with Gasteiger partial charge in [0.1, 0.15) is 46.0 Å². The highest BCUT2D eigenvalue weighted by molar-refractivity contribution is 5.63. The smallest absolute Gasteiger partial charge is 0.126 e. The maximum Gasteiger partial charge on any atom is 0.126 e. The number of benzene rings is 4. The molecule has 0 radical (unpaired) electrons. The number of methoxy groups -OCH3 is 8. The van der Waals surface area contributed by atoms with Gasteiger partial charge in [0.25, 0.3) is 0 Å². The molecule has 60 heavy (non-hydrogen) atoms. The number of rotatable bonds is 20. The van der Waals surface area contributed by atoms with E-state index in [2.05, 4.69) is 24.3 Å². The van der Waals surface area contributed by atoms with Crippen LogP contribution >= 0.6 is 0 Å². The van der Waals surface area contributed by atoms with Gasteiger partial charge in [0, 0.05) is 119 Å². The topological polar surface area (TPSA) is 155 Å². The molecule has 0 heterocycles. The molecule has 0 saturated heterocycles. The molecule has 5 rings (SSSR count). The van der Waals surface area contributed by atoms with Gasteiger partial charge in [0.2, 0.25) is 0 Å². The number of ether oxygens (including phenoxy) is 8. The van der Waals surface area contributed by atoms with Crippen LogP contribution in [0, 0.1) is 0 Å². The van der Waals surface area contributed by atoms with E-state index in [1.807, 2.05) is 24.3 Å². The first-order chi connectivity index (χ1) is 29.2. The molecule has 328 valence electrons. The van der Waals surface area contributed by atoms with Crippen LogP contribution in [0.25, 0.3) is 0 Å². The average molecular weight is 833 g/mol. The molecule has 0 spiro atoms. The Hall–Kier alpha value is -4.88. The average Bonchev–Trinajstić information content (AvgIpc) is 3.28. The highest BCUT2D eigenvalue weighted by Crippen LogP contribution is 2.53. The van der Waals surface area contributed by atoms with E-state index >= 15 is 0 Å². The molecular weight excluding hydrogens is 769 g/mol. The van der Waals surface area contributed by atoms with E-state index in [-0.39, 0.29) is 50.1 Å². The monoisotopic (exact) mass is 832 g/mol. The molecule has 12 heteroatoms. The maximum absolute atomic E-state index is 10.3. The lowest BCUT2D eigenvalue weighted by atomic mass is 9.76. The number of aliphatic hydroxyl groups excluding tert-OH is 4. The van der Waals surface area contributed by atoms with E-state index in [4.69, 9.17) is 37.9 Å². The molecule has 1 aliphatic rings. The quantitative estimate of drug-likeness (QED) is 0.0691. The minimum atomic E-state index is -0.342. The van der Waals surface area contributed by atoms with Crippen molar-refractivity contribution in [2.75, 3.05) is 83.3 Å². The van der Waals surface area contributed by atoms with E-state index in [1.165, 1.54) is 0 Å². The summed E-state index contributed by atoms with van der Waals surface area (Å²) >= 11 is 0. The summed E-state index contributed by atoms with van der Waals surface area (Å²) in [6, 6.07) is 16.1. The zero-order valence-corrected chi connectivity index (χ0v) is 36.5. The standard InChI is InChI=1S/C48H64O12/c1-53-41-25-42(54-2)34-21-33(41)29(13-9-17-49)35-22-36(44(56-4)26-43(35)55-3)31(15-11-19-51)39-24-40(48(60-8)28-47(39)59-7)32(16-12-20-52)38-23-37(30(34)14-10-18-50)45(57-5)27-46(38)58-6/h21-32,49-52H,9-20H2,1-8H3. The minimum absolute atomic E-state index is 0.0273. The van der Waals surface area contributed by atoms with E-state index in [0.717, 1.165) is 44.5 Å². The largest absolute Gasteiger partial charge is 0.496 e. The van der Waals surface area contributed by atoms with Gasteiger partial charge < -0.3 is 58.3 Å². The molecule has 0 aliphatic heterocycles. The van der Waals surface area contributed by atoms with E-state index in [0.29, 0.717) is 97.4 Å². The van der Waals surface area contributed by atoms with Crippen LogP contribution in [0.3, 0.4) is 0 Å². The highest BCUT2D eigenvalue weighted by atomic mass is 16.5. The summed E-state index contributed by atoms with van der Waals surface area (Å²) in [7, 11) is 13.1. The van der Waals surface area contributed by atoms with E-state index in [9.17, 15) is 20.4 Å². The lowest BCUT2D eigenvalue weighted by Crippen LogP contribution is -2.15. The molecule has 0 unspecified atom stereocenters. The van der Waals surface area contributed by atoms with Crippen LogP contribution in [-0.2, 0) is 0 Å². The van der Waals surface area contributed by atoms with E-state index < -0.39 is 0 Å². The number of fused-ring (bicyclic) bond motifs is 8. The van der Waals surface area contributed by atoms with Gasteiger partial charge in [-0.1, -0.05) is 0 Å². The van der Waals surface area contributed by atoms with Gasteiger partial charge in [-0.05, 0) is 75.6 Å². The van der Waals surface area contributed by atoms with Gasteiger partial charge in [0.15, 0.2) is 0 Å². The third-order valence-corrected chi connectivity index (χ3v) is 11.9. The fourth-order valence-corrected chi connectivity index (χ4v) is 9.07. The molecule has 4 aromatic carbocycles. The summed E-state index contributed by atoms with van der Waals surface area (Å²) in [5, 5.41) is 41.2. The summed E-state index contributed by atoms with van der Waals surface area (Å²) in [4.78, 5) is 0. The van der Waals surface area contributed by atoms with Crippen molar-refractivity contribution in [2.45, 2.75) is 75.0 Å². The van der Waals surface area contributed by atoms with Crippen LogP contribution in [0.15, 0.2) is 48.5 Å². The first kappa shape index (κ1) is 46.2. The molecule has 1 aliphatic carbocycles. The van der Waals surface area contributed by atoms with Crippen molar-refractivity contribution >= 4 is 0 Å². The summed E-state index contributed by atoms with van der Waals surface area (Å²) in [6.07, 6.45) is 4.13. The highest BCUT2D eigenvalue weighted by Gasteiger charge is 2.34. The lowest BCUT2D eigenvalue weighted by molar-refractivity contribution is 0.280. The van der Waals surface area contributed by atoms with Crippen LogP contribution < -0.4 is 37.9 Å². The lowest BCUT2D eigenvalue weighted by Gasteiger charge is -2.31. The molecule has 4 N–H and O–H groups in total. The normalized spacial score (nSPS) is 17.1. The fourth-order valence-electron chi connectivity index (χ4n) is 9.07. The van der Waals surface area contributed by atoms with Crippen LogP contribution in [0.1, 0.15) is 120 Å². The predicted molar refractivity (Wildman–Crippen MR) is 231 cm³/mol. The Morgan fingerprint density at radius 3 is 0.550 bits per heavy atom. The van der Waals surface area contributed by atoms with Crippen molar-refractivity contribution in [3.05, 3.63) is 93.0 Å². The van der Waals surface area contributed by atoms with Crippen molar-refractivity contribution in [2.24, 2.45) is 0 Å². The van der Waals surface area contributed by atoms with Crippen LogP contribution in [0.2, 0.25) is 0 Å². The minimum Gasteiger partial charge on any atom is -0.496 e. The predicted octanol–water partition coefficient (Wildman–Crippen LogP) is 7.69. The number of hydrogen-bond donors (Lipinski definition) is 4. The summed E-state index contributed by atoms with van der Waals surface area (Å²) < 4.78 is 49.2. The van der Waals surface area contributed by atoms with Crippen LogP contribution in [-0.4, -0.2) is 104 Å². The maximum atomic E-state index is 10.3. The molecule has 0 amide bonds. The Labute approximate surface area is 354 Å².